The minimum atomic E-state index is -3.65. The molecular formula is C16H22N2O6S. The first-order valence-corrected chi connectivity index (χ1v) is 9.18. The number of anilines is 1. The molecule has 0 unspecified atom stereocenters. The summed E-state index contributed by atoms with van der Waals surface area (Å²) < 4.78 is 35.6. The SMILES string of the molecule is COc1ccc(S(=O)(=O)N(C)C)cc1NC(=O)COC(=O)[C@@H]1C[C@H]1C. The lowest BCUT2D eigenvalue weighted by atomic mass is 10.3. The van der Waals surface area contributed by atoms with Crippen molar-refractivity contribution in [3.63, 3.8) is 0 Å². The topological polar surface area (TPSA) is 102 Å². The fraction of sp³-hybridized carbons (Fsp3) is 0.500. The van der Waals surface area contributed by atoms with E-state index in [1.807, 2.05) is 6.92 Å². The molecule has 138 valence electrons. The molecule has 25 heavy (non-hydrogen) atoms. The average Bonchev–Trinajstić information content (AvgIpc) is 3.29. The van der Waals surface area contributed by atoms with Crippen molar-refractivity contribution >= 4 is 27.6 Å². The number of rotatable bonds is 7. The second kappa shape index (κ2) is 7.40. The average molecular weight is 370 g/mol. The molecule has 0 aromatic heterocycles. The van der Waals surface area contributed by atoms with Gasteiger partial charge in [0.25, 0.3) is 5.91 Å². The van der Waals surface area contributed by atoms with Crippen LogP contribution in [0, 0.1) is 11.8 Å². The van der Waals surface area contributed by atoms with E-state index in [9.17, 15) is 18.0 Å². The number of sulfonamides is 1. The Kier molecular flexibility index (Phi) is 5.69. The number of hydrogen-bond donors (Lipinski definition) is 1. The molecule has 8 nitrogen and oxygen atoms in total. The van der Waals surface area contributed by atoms with Gasteiger partial charge in [0.1, 0.15) is 5.75 Å². The van der Waals surface area contributed by atoms with E-state index in [2.05, 4.69) is 5.32 Å². The summed E-state index contributed by atoms with van der Waals surface area (Å²) in [5, 5.41) is 2.51. The van der Waals surface area contributed by atoms with Gasteiger partial charge in [-0.1, -0.05) is 6.92 Å². The van der Waals surface area contributed by atoms with E-state index >= 15 is 0 Å². The van der Waals surface area contributed by atoms with Crippen molar-refractivity contribution in [3.05, 3.63) is 18.2 Å². The molecule has 1 fully saturated rings. The van der Waals surface area contributed by atoms with Gasteiger partial charge in [0.05, 0.1) is 23.6 Å². The third kappa shape index (κ3) is 4.49. The van der Waals surface area contributed by atoms with Crippen molar-refractivity contribution in [3.8, 4) is 5.75 Å². The normalized spacial score (nSPS) is 19.4. The van der Waals surface area contributed by atoms with Crippen LogP contribution in [-0.2, 0) is 24.3 Å². The van der Waals surface area contributed by atoms with Crippen LogP contribution >= 0.6 is 0 Å². The lowest BCUT2D eigenvalue weighted by molar-refractivity contribution is -0.148. The van der Waals surface area contributed by atoms with E-state index in [4.69, 9.17) is 9.47 Å². The number of ether oxygens (including phenoxy) is 2. The van der Waals surface area contributed by atoms with E-state index in [1.54, 1.807) is 0 Å². The van der Waals surface area contributed by atoms with Crippen molar-refractivity contribution < 1.29 is 27.5 Å². The van der Waals surface area contributed by atoms with Crippen LogP contribution in [0.2, 0.25) is 0 Å². The van der Waals surface area contributed by atoms with Crippen molar-refractivity contribution in [1.82, 2.24) is 4.31 Å². The standard InChI is InChI=1S/C16H22N2O6S/c1-10-7-12(10)16(20)24-9-15(19)17-13-8-11(5-6-14(13)23-4)25(21,22)18(2)3/h5-6,8,10,12H,7,9H2,1-4H3,(H,17,19)/t10-,12-/m1/s1. The Balaban J connectivity index is 2.09. The molecule has 0 heterocycles. The van der Waals surface area contributed by atoms with Gasteiger partial charge < -0.3 is 14.8 Å². The molecule has 9 heteroatoms. The van der Waals surface area contributed by atoms with Gasteiger partial charge in [-0.15, -0.1) is 0 Å². The predicted molar refractivity (Wildman–Crippen MR) is 90.7 cm³/mol. The van der Waals surface area contributed by atoms with Crippen LogP contribution in [0.4, 0.5) is 5.69 Å². The zero-order valence-electron chi connectivity index (χ0n) is 14.6. The van der Waals surface area contributed by atoms with Gasteiger partial charge in [0.2, 0.25) is 10.0 Å². The maximum absolute atomic E-state index is 12.2. The van der Waals surface area contributed by atoms with Gasteiger partial charge in [-0.3, -0.25) is 9.59 Å². The molecule has 0 radical (unpaired) electrons. The van der Waals surface area contributed by atoms with Gasteiger partial charge in [-0.25, -0.2) is 12.7 Å². The van der Waals surface area contributed by atoms with Crippen molar-refractivity contribution in [2.45, 2.75) is 18.2 Å². The molecule has 1 aromatic rings. The van der Waals surface area contributed by atoms with Crippen LogP contribution in [0.15, 0.2) is 23.1 Å². The molecule has 1 N–H and O–H groups in total. The van der Waals surface area contributed by atoms with Crippen LogP contribution in [0.1, 0.15) is 13.3 Å². The monoisotopic (exact) mass is 370 g/mol. The second-order valence-corrected chi connectivity index (χ2v) is 8.28. The fourth-order valence-corrected chi connectivity index (χ4v) is 3.16. The van der Waals surface area contributed by atoms with Gasteiger partial charge in [-0.05, 0) is 30.5 Å². The second-order valence-electron chi connectivity index (χ2n) is 6.12. The number of nitrogens with one attached hydrogen (secondary N) is 1. The van der Waals surface area contributed by atoms with Crippen molar-refractivity contribution in [2.75, 3.05) is 33.1 Å². The van der Waals surface area contributed by atoms with E-state index in [0.717, 1.165) is 10.7 Å². The third-order valence-electron chi connectivity index (χ3n) is 3.98. The van der Waals surface area contributed by atoms with Crippen LogP contribution in [0.3, 0.4) is 0 Å². The summed E-state index contributed by atoms with van der Waals surface area (Å²) in [5.41, 5.74) is 0.186. The zero-order chi connectivity index (χ0) is 18.8. The first-order chi connectivity index (χ1) is 11.7. The number of benzene rings is 1. The molecule has 0 spiro atoms. The zero-order valence-corrected chi connectivity index (χ0v) is 15.4. The number of hydrogen-bond acceptors (Lipinski definition) is 6. The Morgan fingerprint density at radius 1 is 1.32 bits per heavy atom. The molecule has 0 saturated heterocycles. The van der Waals surface area contributed by atoms with Crippen LogP contribution < -0.4 is 10.1 Å². The Labute approximate surface area is 147 Å². The molecule has 1 saturated carbocycles. The van der Waals surface area contributed by atoms with E-state index in [1.165, 1.54) is 39.4 Å². The van der Waals surface area contributed by atoms with Gasteiger partial charge in [0.15, 0.2) is 6.61 Å². The molecule has 2 rings (SSSR count). The van der Waals surface area contributed by atoms with Crippen molar-refractivity contribution in [2.24, 2.45) is 11.8 Å². The summed E-state index contributed by atoms with van der Waals surface area (Å²) in [7, 11) is 0.574. The Hall–Kier alpha value is -2.13. The Bertz CT molecular complexity index is 775. The highest BCUT2D eigenvalue weighted by atomic mass is 32.2. The van der Waals surface area contributed by atoms with Crippen LogP contribution in [-0.4, -0.2) is 52.4 Å². The van der Waals surface area contributed by atoms with Gasteiger partial charge in [0, 0.05) is 14.1 Å². The predicted octanol–water partition coefficient (Wildman–Crippen LogP) is 1.08. The van der Waals surface area contributed by atoms with E-state index in [0.29, 0.717) is 11.7 Å². The van der Waals surface area contributed by atoms with Gasteiger partial charge in [-0.2, -0.15) is 0 Å². The highest BCUT2D eigenvalue weighted by molar-refractivity contribution is 7.89. The summed E-state index contributed by atoms with van der Waals surface area (Å²) in [5.74, 6) is -0.495. The molecule has 0 aliphatic heterocycles. The first-order valence-electron chi connectivity index (χ1n) is 7.74. The van der Waals surface area contributed by atoms with Gasteiger partial charge >= 0.3 is 5.97 Å². The summed E-state index contributed by atoms with van der Waals surface area (Å²) >= 11 is 0. The number of carbonyl (C=O) groups excluding carboxylic acids is 2. The minimum Gasteiger partial charge on any atom is -0.495 e. The molecule has 2 atom stereocenters. The molecular weight excluding hydrogens is 348 g/mol. The number of esters is 1. The summed E-state index contributed by atoms with van der Waals surface area (Å²) in [6.45, 7) is 1.50. The number of amides is 1. The molecule has 1 aliphatic carbocycles. The quantitative estimate of drug-likeness (QED) is 0.721. The minimum absolute atomic E-state index is 0.0115. The number of nitrogens with zero attached hydrogens (tertiary/aromatic N) is 1. The molecule has 0 bridgehead atoms. The first kappa shape index (κ1) is 19.2. The van der Waals surface area contributed by atoms with Crippen LogP contribution in [0.5, 0.6) is 5.75 Å². The third-order valence-corrected chi connectivity index (χ3v) is 5.79. The van der Waals surface area contributed by atoms with Crippen LogP contribution in [0.25, 0.3) is 0 Å². The summed E-state index contributed by atoms with van der Waals surface area (Å²) in [4.78, 5) is 23.7. The Morgan fingerprint density at radius 3 is 2.48 bits per heavy atom. The fourth-order valence-electron chi connectivity index (χ4n) is 2.24. The van der Waals surface area contributed by atoms with E-state index < -0.39 is 28.5 Å². The van der Waals surface area contributed by atoms with Crippen molar-refractivity contribution in [1.29, 1.82) is 0 Å². The molecule has 1 aromatic carbocycles. The number of methoxy groups -OCH3 is 1. The lowest BCUT2D eigenvalue weighted by Crippen LogP contribution is -2.24. The maximum atomic E-state index is 12.2. The smallest absolute Gasteiger partial charge is 0.309 e. The summed E-state index contributed by atoms with van der Waals surface area (Å²) in [6.07, 6.45) is 0.777. The molecule has 1 aliphatic rings. The molecule has 1 amide bonds. The summed E-state index contributed by atoms with van der Waals surface area (Å²) in [6, 6.07) is 4.14. The number of carbonyl (C=O) groups is 2. The Morgan fingerprint density at radius 2 is 1.96 bits per heavy atom. The highest BCUT2D eigenvalue weighted by Gasteiger charge is 2.40. The van der Waals surface area contributed by atoms with E-state index in [-0.39, 0.29) is 16.5 Å². The highest BCUT2D eigenvalue weighted by Crippen LogP contribution is 2.38. The largest absolute Gasteiger partial charge is 0.495 e. The maximum Gasteiger partial charge on any atom is 0.309 e. The lowest BCUT2D eigenvalue weighted by Gasteiger charge is -2.15.